The lowest BCUT2D eigenvalue weighted by Gasteiger charge is -2.15. The third-order valence-electron chi connectivity index (χ3n) is 1.84. The lowest BCUT2D eigenvalue weighted by molar-refractivity contribution is 0.0996. The quantitative estimate of drug-likeness (QED) is 0.637. The van der Waals surface area contributed by atoms with Gasteiger partial charge in [0.05, 0.1) is 0 Å². The molecule has 0 fully saturated rings. The number of Topliss-reactive ketones (excluding diaryl/α,β-unsaturated/α-hetero) is 1. The van der Waals surface area contributed by atoms with Crippen LogP contribution in [0, 0.1) is 0 Å². The molecule has 0 heterocycles. The first kappa shape index (κ1) is 13.8. The number of benzene rings is 1. The van der Waals surface area contributed by atoms with Crippen LogP contribution >= 0.6 is 34.8 Å². The highest BCUT2D eigenvalue weighted by molar-refractivity contribution is 7.95. The number of sulfone groups is 1. The van der Waals surface area contributed by atoms with Crippen LogP contribution in [-0.4, -0.2) is 24.1 Å². The molecular formula is C9H7Cl3O3S. The van der Waals surface area contributed by atoms with Crippen molar-refractivity contribution in [2.75, 3.05) is 6.26 Å². The van der Waals surface area contributed by atoms with Crippen LogP contribution in [0.3, 0.4) is 0 Å². The molecule has 0 saturated heterocycles. The highest BCUT2D eigenvalue weighted by Crippen LogP contribution is 2.31. The van der Waals surface area contributed by atoms with E-state index in [0.717, 1.165) is 6.26 Å². The summed E-state index contributed by atoms with van der Waals surface area (Å²) in [4.78, 5) is 11.7. The van der Waals surface area contributed by atoms with Gasteiger partial charge in [-0.25, -0.2) is 8.42 Å². The standard InChI is InChI=1S/C9H7Cl3O3S/c1-16(14,15)9(11,12)8(13)6-2-4-7(10)5-3-6/h2-5H,1H3. The summed E-state index contributed by atoms with van der Waals surface area (Å²) in [5, 5.41) is 0.422. The first-order chi connectivity index (χ1) is 7.16. The van der Waals surface area contributed by atoms with Gasteiger partial charge in [0, 0.05) is 16.8 Å². The Morgan fingerprint density at radius 3 is 2.00 bits per heavy atom. The molecule has 1 aromatic rings. The molecule has 0 atom stereocenters. The highest BCUT2D eigenvalue weighted by atomic mass is 35.5. The van der Waals surface area contributed by atoms with Crippen LogP contribution in [0.25, 0.3) is 0 Å². The molecule has 0 amide bonds. The van der Waals surface area contributed by atoms with Crippen LogP contribution in [0.15, 0.2) is 24.3 Å². The Balaban J connectivity index is 3.18. The number of carbonyl (C=O) groups excluding carboxylic acids is 1. The molecule has 0 N–H and O–H groups in total. The predicted octanol–water partition coefficient (Wildman–Crippen LogP) is 2.70. The van der Waals surface area contributed by atoms with Crippen LogP contribution in [0.2, 0.25) is 5.02 Å². The van der Waals surface area contributed by atoms with E-state index >= 15 is 0 Å². The van der Waals surface area contributed by atoms with Gasteiger partial charge in [-0.05, 0) is 24.3 Å². The topological polar surface area (TPSA) is 51.2 Å². The molecule has 1 aromatic carbocycles. The number of hydrogen-bond acceptors (Lipinski definition) is 3. The lowest BCUT2D eigenvalue weighted by Crippen LogP contribution is -2.34. The van der Waals surface area contributed by atoms with Gasteiger partial charge in [0.1, 0.15) is 0 Å². The van der Waals surface area contributed by atoms with Crippen molar-refractivity contribution in [2.45, 2.75) is 3.67 Å². The van der Waals surface area contributed by atoms with Gasteiger partial charge in [-0.2, -0.15) is 0 Å². The molecule has 0 aromatic heterocycles. The molecule has 0 unspecified atom stereocenters. The fourth-order valence-electron chi connectivity index (χ4n) is 0.938. The summed E-state index contributed by atoms with van der Waals surface area (Å²) in [6.45, 7) is 0. The van der Waals surface area contributed by atoms with E-state index in [9.17, 15) is 13.2 Å². The van der Waals surface area contributed by atoms with Crippen LogP contribution in [-0.2, 0) is 9.84 Å². The molecule has 16 heavy (non-hydrogen) atoms. The monoisotopic (exact) mass is 300 g/mol. The Labute approximate surface area is 108 Å². The maximum absolute atomic E-state index is 11.7. The average molecular weight is 302 g/mol. The molecule has 3 nitrogen and oxygen atoms in total. The number of alkyl halides is 2. The van der Waals surface area contributed by atoms with Crippen molar-refractivity contribution < 1.29 is 13.2 Å². The van der Waals surface area contributed by atoms with Crippen LogP contribution < -0.4 is 0 Å². The first-order valence-corrected chi connectivity index (χ1v) is 7.06. The van der Waals surface area contributed by atoms with E-state index in [-0.39, 0.29) is 5.56 Å². The second kappa shape index (κ2) is 4.53. The number of ketones is 1. The molecule has 0 aliphatic rings. The average Bonchev–Trinajstić information content (AvgIpc) is 2.16. The largest absolute Gasteiger partial charge is 0.290 e. The van der Waals surface area contributed by atoms with Gasteiger partial charge in [-0.1, -0.05) is 34.8 Å². The molecule has 88 valence electrons. The molecular weight excluding hydrogens is 295 g/mol. The van der Waals surface area contributed by atoms with Crippen LogP contribution in [0.1, 0.15) is 10.4 Å². The number of rotatable bonds is 3. The van der Waals surface area contributed by atoms with E-state index in [4.69, 9.17) is 34.8 Å². The van der Waals surface area contributed by atoms with Crippen molar-refractivity contribution in [2.24, 2.45) is 0 Å². The van der Waals surface area contributed by atoms with Gasteiger partial charge in [-0.15, -0.1) is 0 Å². The molecule has 0 saturated carbocycles. The van der Waals surface area contributed by atoms with Crippen LogP contribution in [0.5, 0.6) is 0 Å². The number of hydrogen-bond donors (Lipinski definition) is 0. The molecule has 0 aliphatic carbocycles. The zero-order chi connectivity index (χ0) is 12.6. The zero-order valence-corrected chi connectivity index (χ0v) is 11.2. The minimum atomic E-state index is -3.91. The van der Waals surface area contributed by atoms with Crippen molar-refractivity contribution in [1.29, 1.82) is 0 Å². The van der Waals surface area contributed by atoms with Crippen molar-refractivity contribution in [3.8, 4) is 0 Å². The van der Waals surface area contributed by atoms with Gasteiger partial charge in [0.25, 0.3) is 3.67 Å². The summed E-state index contributed by atoms with van der Waals surface area (Å²) in [6, 6.07) is 5.60. The SMILES string of the molecule is CS(=O)(=O)C(Cl)(Cl)C(=O)c1ccc(Cl)cc1. The smallest absolute Gasteiger partial charge is 0.280 e. The maximum atomic E-state index is 11.7. The third-order valence-corrected chi connectivity index (χ3v) is 5.23. The summed E-state index contributed by atoms with van der Waals surface area (Å²) >= 11 is 16.7. The van der Waals surface area contributed by atoms with E-state index in [1.807, 2.05) is 0 Å². The maximum Gasteiger partial charge on any atom is 0.280 e. The molecule has 0 radical (unpaired) electrons. The number of carbonyl (C=O) groups is 1. The molecule has 0 aliphatic heterocycles. The summed E-state index contributed by atoms with van der Waals surface area (Å²) in [6.07, 6.45) is 0.792. The summed E-state index contributed by atoms with van der Waals surface area (Å²) in [7, 11) is -3.91. The highest BCUT2D eigenvalue weighted by Gasteiger charge is 2.44. The Morgan fingerprint density at radius 2 is 1.62 bits per heavy atom. The van der Waals surface area contributed by atoms with Crippen molar-refractivity contribution in [3.05, 3.63) is 34.9 Å². The lowest BCUT2D eigenvalue weighted by atomic mass is 10.1. The van der Waals surface area contributed by atoms with Crippen LogP contribution in [0.4, 0.5) is 0 Å². The molecule has 7 heteroatoms. The van der Waals surface area contributed by atoms with E-state index in [1.54, 1.807) is 0 Å². The van der Waals surface area contributed by atoms with Gasteiger partial charge < -0.3 is 0 Å². The van der Waals surface area contributed by atoms with Gasteiger partial charge in [0.2, 0.25) is 5.78 Å². The minimum Gasteiger partial charge on any atom is -0.290 e. The number of halogens is 3. The minimum absolute atomic E-state index is 0.0832. The van der Waals surface area contributed by atoms with Crippen molar-refractivity contribution in [1.82, 2.24) is 0 Å². The van der Waals surface area contributed by atoms with E-state index in [1.165, 1.54) is 24.3 Å². The summed E-state index contributed by atoms with van der Waals surface area (Å²) in [5.41, 5.74) is 0.0832. The third kappa shape index (κ3) is 2.69. The fraction of sp³-hybridized carbons (Fsp3) is 0.222. The molecule has 0 spiro atoms. The second-order valence-corrected chi connectivity index (χ2v) is 7.49. The van der Waals surface area contributed by atoms with E-state index < -0.39 is 19.3 Å². The predicted molar refractivity (Wildman–Crippen MR) is 65.1 cm³/mol. The normalized spacial score (nSPS) is 12.5. The van der Waals surface area contributed by atoms with Gasteiger partial charge in [-0.3, -0.25) is 4.79 Å². The molecule has 0 bridgehead atoms. The summed E-state index contributed by atoms with van der Waals surface area (Å²) < 4.78 is 20.0. The Morgan fingerprint density at radius 1 is 1.19 bits per heavy atom. The van der Waals surface area contributed by atoms with E-state index in [2.05, 4.69) is 0 Å². The summed E-state index contributed by atoms with van der Waals surface area (Å²) in [5.74, 6) is -0.894. The van der Waals surface area contributed by atoms with Gasteiger partial charge in [0.15, 0.2) is 9.84 Å². The van der Waals surface area contributed by atoms with E-state index in [0.29, 0.717) is 5.02 Å². The Kier molecular flexibility index (Phi) is 3.90. The zero-order valence-electron chi connectivity index (χ0n) is 8.08. The van der Waals surface area contributed by atoms with Crippen molar-refractivity contribution >= 4 is 50.4 Å². The van der Waals surface area contributed by atoms with Gasteiger partial charge >= 0.3 is 0 Å². The second-order valence-electron chi connectivity index (χ2n) is 3.12. The van der Waals surface area contributed by atoms with Crippen molar-refractivity contribution in [3.63, 3.8) is 0 Å². The Bertz CT molecular complexity index is 505. The molecule has 1 rings (SSSR count). The fourth-order valence-corrected chi connectivity index (χ4v) is 1.74. The Hall–Kier alpha value is -0.290. The first-order valence-electron chi connectivity index (χ1n) is 4.04.